The average molecular weight is 263 g/mol. The van der Waals surface area contributed by atoms with Crippen molar-refractivity contribution in [3.8, 4) is 0 Å². The number of amides is 1. The summed E-state index contributed by atoms with van der Waals surface area (Å²) in [5.41, 5.74) is 5.49. The Morgan fingerprint density at radius 1 is 1.53 bits per heavy atom. The summed E-state index contributed by atoms with van der Waals surface area (Å²) >= 11 is 0. The van der Waals surface area contributed by atoms with E-state index in [0.717, 1.165) is 25.9 Å². The SMILES string of the molecule is CNCC1CCCN1CC(=O)NNc1ccccn1. The van der Waals surface area contributed by atoms with E-state index in [1.54, 1.807) is 12.3 Å². The maximum absolute atomic E-state index is 11.9. The number of hydrogen-bond donors (Lipinski definition) is 3. The molecule has 0 radical (unpaired) electrons. The van der Waals surface area contributed by atoms with Crippen LogP contribution in [0.5, 0.6) is 0 Å². The van der Waals surface area contributed by atoms with Crippen molar-refractivity contribution in [2.24, 2.45) is 0 Å². The summed E-state index contributed by atoms with van der Waals surface area (Å²) in [6.07, 6.45) is 3.99. The van der Waals surface area contributed by atoms with Gasteiger partial charge in [-0.25, -0.2) is 4.98 Å². The number of likely N-dealkylation sites (tertiary alicyclic amines) is 1. The van der Waals surface area contributed by atoms with Crippen LogP contribution in [0.25, 0.3) is 0 Å². The molecule has 1 unspecified atom stereocenters. The molecule has 1 amide bonds. The van der Waals surface area contributed by atoms with Gasteiger partial charge in [-0.15, -0.1) is 0 Å². The van der Waals surface area contributed by atoms with Gasteiger partial charge in [0.15, 0.2) is 0 Å². The van der Waals surface area contributed by atoms with Crippen molar-refractivity contribution < 1.29 is 4.79 Å². The van der Waals surface area contributed by atoms with Gasteiger partial charge in [0.05, 0.1) is 6.54 Å². The van der Waals surface area contributed by atoms with E-state index < -0.39 is 0 Å². The lowest BCUT2D eigenvalue weighted by Gasteiger charge is -2.23. The van der Waals surface area contributed by atoms with Crippen molar-refractivity contribution in [2.45, 2.75) is 18.9 Å². The number of hydrazine groups is 1. The molecule has 0 aliphatic carbocycles. The van der Waals surface area contributed by atoms with E-state index in [4.69, 9.17) is 0 Å². The topological polar surface area (TPSA) is 69.3 Å². The molecule has 1 atom stereocenters. The van der Waals surface area contributed by atoms with Gasteiger partial charge in [0.2, 0.25) is 0 Å². The fourth-order valence-corrected chi connectivity index (χ4v) is 2.36. The van der Waals surface area contributed by atoms with Crippen LogP contribution in [0.1, 0.15) is 12.8 Å². The van der Waals surface area contributed by atoms with Crippen LogP contribution in [0.15, 0.2) is 24.4 Å². The first kappa shape index (κ1) is 13.8. The molecule has 1 aliphatic rings. The predicted molar refractivity (Wildman–Crippen MR) is 74.5 cm³/mol. The molecule has 6 heteroatoms. The number of carbonyl (C=O) groups is 1. The normalized spacial score (nSPS) is 19.3. The molecule has 0 bridgehead atoms. The summed E-state index contributed by atoms with van der Waals surface area (Å²) in [5, 5.41) is 3.17. The molecular weight excluding hydrogens is 242 g/mol. The molecule has 6 nitrogen and oxygen atoms in total. The number of nitrogens with zero attached hydrogens (tertiary/aromatic N) is 2. The summed E-state index contributed by atoms with van der Waals surface area (Å²) in [6.45, 7) is 2.34. The van der Waals surface area contributed by atoms with Gasteiger partial charge < -0.3 is 5.32 Å². The summed E-state index contributed by atoms with van der Waals surface area (Å²) in [6, 6.07) is 5.97. The highest BCUT2D eigenvalue weighted by Gasteiger charge is 2.25. The van der Waals surface area contributed by atoms with Gasteiger partial charge >= 0.3 is 0 Å². The summed E-state index contributed by atoms with van der Waals surface area (Å²) in [5.74, 6) is 0.609. The highest BCUT2D eigenvalue weighted by molar-refractivity contribution is 5.79. The lowest BCUT2D eigenvalue weighted by molar-refractivity contribution is -0.121. The first-order valence-electron chi connectivity index (χ1n) is 6.64. The minimum absolute atomic E-state index is 0.0337. The fraction of sp³-hybridized carbons (Fsp3) is 0.538. The van der Waals surface area contributed by atoms with E-state index in [-0.39, 0.29) is 5.91 Å². The Balaban J connectivity index is 1.75. The Morgan fingerprint density at radius 2 is 2.42 bits per heavy atom. The molecule has 0 saturated carbocycles. The van der Waals surface area contributed by atoms with E-state index in [9.17, 15) is 4.79 Å². The zero-order valence-electron chi connectivity index (χ0n) is 11.2. The molecular formula is C13H21N5O. The third-order valence-corrected chi connectivity index (χ3v) is 3.28. The number of likely N-dealkylation sites (N-methyl/N-ethyl adjacent to an activating group) is 1. The second-order valence-electron chi connectivity index (χ2n) is 4.71. The molecule has 2 rings (SSSR count). The highest BCUT2D eigenvalue weighted by atomic mass is 16.2. The first-order chi connectivity index (χ1) is 9.29. The smallest absolute Gasteiger partial charge is 0.252 e. The third-order valence-electron chi connectivity index (χ3n) is 3.28. The summed E-state index contributed by atoms with van der Waals surface area (Å²) in [4.78, 5) is 18.2. The van der Waals surface area contributed by atoms with Gasteiger partial charge in [-0.05, 0) is 38.6 Å². The first-order valence-corrected chi connectivity index (χ1v) is 6.64. The van der Waals surface area contributed by atoms with Crippen LogP contribution in [-0.2, 0) is 4.79 Å². The van der Waals surface area contributed by atoms with Crippen molar-refractivity contribution in [3.05, 3.63) is 24.4 Å². The quantitative estimate of drug-likeness (QED) is 0.640. The van der Waals surface area contributed by atoms with Crippen LogP contribution in [-0.4, -0.2) is 48.5 Å². The van der Waals surface area contributed by atoms with Crippen LogP contribution in [0.2, 0.25) is 0 Å². The average Bonchev–Trinajstić information content (AvgIpc) is 2.85. The number of carbonyl (C=O) groups excluding carboxylic acids is 1. The van der Waals surface area contributed by atoms with Gasteiger partial charge in [-0.3, -0.25) is 20.5 Å². The van der Waals surface area contributed by atoms with Crippen molar-refractivity contribution >= 4 is 11.7 Å². The van der Waals surface area contributed by atoms with E-state index in [0.29, 0.717) is 18.4 Å². The fourth-order valence-electron chi connectivity index (χ4n) is 2.36. The number of aromatic nitrogens is 1. The minimum Gasteiger partial charge on any atom is -0.318 e. The summed E-state index contributed by atoms with van der Waals surface area (Å²) < 4.78 is 0. The molecule has 1 saturated heterocycles. The molecule has 104 valence electrons. The van der Waals surface area contributed by atoms with Crippen LogP contribution >= 0.6 is 0 Å². The lowest BCUT2D eigenvalue weighted by Crippen LogP contribution is -2.44. The molecule has 1 aromatic rings. The Hall–Kier alpha value is -1.66. The molecule has 19 heavy (non-hydrogen) atoms. The zero-order chi connectivity index (χ0) is 13.5. The molecule has 1 aromatic heterocycles. The number of pyridine rings is 1. The van der Waals surface area contributed by atoms with E-state index in [1.807, 2.05) is 19.2 Å². The van der Waals surface area contributed by atoms with Gasteiger partial charge in [-0.2, -0.15) is 0 Å². The van der Waals surface area contributed by atoms with Crippen LogP contribution in [0.3, 0.4) is 0 Å². The number of rotatable bonds is 6. The second kappa shape index (κ2) is 7.06. The van der Waals surface area contributed by atoms with E-state index in [2.05, 4.69) is 26.1 Å². The minimum atomic E-state index is -0.0337. The highest BCUT2D eigenvalue weighted by Crippen LogP contribution is 2.15. The Bertz CT molecular complexity index is 397. The lowest BCUT2D eigenvalue weighted by atomic mass is 10.2. The molecule has 0 aromatic carbocycles. The number of nitrogens with one attached hydrogen (secondary N) is 3. The van der Waals surface area contributed by atoms with Gasteiger partial charge in [0.1, 0.15) is 5.82 Å². The van der Waals surface area contributed by atoms with Gasteiger partial charge in [-0.1, -0.05) is 6.07 Å². The van der Waals surface area contributed by atoms with Crippen LogP contribution in [0.4, 0.5) is 5.82 Å². The molecule has 2 heterocycles. The zero-order valence-corrected chi connectivity index (χ0v) is 11.2. The van der Waals surface area contributed by atoms with Crippen molar-refractivity contribution in [3.63, 3.8) is 0 Å². The monoisotopic (exact) mass is 263 g/mol. The molecule has 0 spiro atoms. The van der Waals surface area contributed by atoms with Gasteiger partial charge in [0, 0.05) is 18.8 Å². The maximum atomic E-state index is 11.9. The predicted octanol–water partition coefficient (Wildman–Crippen LogP) is 0.209. The molecule has 3 N–H and O–H groups in total. The Morgan fingerprint density at radius 3 is 3.16 bits per heavy atom. The number of hydrogen-bond acceptors (Lipinski definition) is 5. The molecule has 1 fully saturated rings. The maximum Gasteiger partial charge on any atom is 0.252 e. The second-order valence-corrected chi connectivity index (χ2v) is 4.71. The van der Waals surface area contributed by atoms with Gasteiger partial charge in [0.25, 0.3) is 5.91 Å². The van der Waals surface area contributed by atoms with E-state index in [1.165, 1.54) is 0 Å². The largest absolute Gasteiger partial charge is 0.318 e. The van der Waals surface area contributed by atoms with Crippen LogP contribution in [0, 0.1) is 0 Å². The van der Waals surface area contributed by atoms with Crippen LogP contribution < -0.4 is 16.2 Å². The van der Waals surface area contributed by atoms with Crippen molar-refractivity contribution in [1.82, 2.24) is 20.6 Å². The van der Waals surface area contributed by atoms with E-state index >= 15 is 0 Å². The third kappa shape index (κ3) is 4.18. The Kier molecular flexibility index (Phi) is 5.11. The summed E-state index contributed by atoms with van der Waals surface area (Å²) in [7, 11) is 1.94. The van der Waals surface area contributed by atoms with Crippen molar-refractivity contribution in [1.29, 1.82) is 0 Å². The standard InChI is InChI=1S/C13H21N5O/c1-14-9-11-5-4-8-18(11)10-13(19)17-16-12-6-2-3-7-15-12/h2-3,6-7,11,14H,4-5,8-10H2,1H3,(H,15,16)(H,17,19). The molecule has 1 aliphatic heterocycles. The van der Waals surface area contributed by atoms with Crippen molar-refractivity contribution in [2.75, 3.05) is 32.1 Å². The Labute approximate surface area is 113 Å². The number of anilines is 1.